The number of hydrogen-bond acceptors (Lipinski definition) is 4. The van der Waals surface area contributed by atoms with E-state index < -0.39 is 41.1 Å². The Hall–Kier alpha value is -3.60. The van der Waals surface area contributed by atoms with E-state index in [0.717, 1.165) is 16.9 Å². The predicted octanol–water partition coefficient (Wildman–Crippen LogP) is 5.79. The molecule has 0 spiro atoms. The lowest BCUT2D eigenvalue weighted by Gasteiger charge is -2.16. The SMILES string of the molecule is COc1ccc(NC(=O)c2cnn(C(C)C)c2C(F)(F)F)cc1NC(=O)c1ccc(Cl)cc1F. The van der Waals surface area contributed by atoms with Gasteiger partial charge in [-0.3, -0.25) is 14.3 Å². The first-order valence-electron chi connectivity index (χ1n) is 9.82. The van der Waals surface area contributed by atoms with Crippen molar-refractivity contribution in [1.29, 1.82) is 0 Å². The minimum atomic E-state index is -4.81. The number of carbonyl (C=O) groups excluding carboxylic acids is 2. The summed E-state index contributed by atoms with van der Waals surface area (Å²) in [6.45, 7) is 3.01. The molecule has 0 aliphatic carbocycles. The molecule has 1 heterocycles. The summed E-state index contributed by atoms with van der Waals surface area (Å²) in [6, 6.07) is 6.89. The molecule has 34 heavy (non-hydrogen) atoms. The third kappa shape index (κ3) is 5.30. The van der Waals surface area contributed by atoms with Crippen molar-refractivity contribution in [3.63, 3.8) is 0 Å². The van der Waals surface area contributed by atoms with Crippen molar-refractivity contribution in [3.8, 4) is 5.75 Å². The van der Waals surface area contributed by atoms with E-state index in [1.165, 1.54) is 51.3 Å². The van der Waals surface area contributed by atoms with Gasteiger partial charge < -0.3 is 15.4 Å². The number of hydrogen-bond donors (Lipinski definition) is 2. The summed E-state index contributed by atoms with van der Waals surface area (Å²) in [5.74, 6) is -2.56. The molecule has 2 N–H and O–H groups in total. The highest BCUT2D eigenvalue weighted by atomic mass is 35.5. The van der Waals surface area contributed by atoms with E-state index in [4.69, 9.17) is 16.3 Å². The maximum Gasteiger partial charge on any atom is 0.433 e. The molecule has 0 saturated carbocycles. The van der Waals surface area contributed by atoms with Crippen LogP contribution in [0.25, 0.3) is 0 Å². The fourth-order valence-corrected chi connectivity index (χ4v) is 3.31. The van der Waals surface area contributed by atoms with E-state index in [1.807, 2.05) is 0 Å². The summed E-state index contributed by atoms with van der Waals surface area (Å²) in [5, 5.41) is 8.61. The highest BCUT2D eigenvalue weighted by Gasteiger charge is 2.40. The highest BCUT2D eigenvalue weighted by Crippen LogP contribution is 2.34. The summed E-state index contributed by atoms with van der Waals surface area (Å²) in [4.78, 5) is 25.2. The number of halogens is 5. The van der Waals surface area contributed by atoms with Gasteiger partial charge in [-0.2, -0.15) is 18.3 Å². The van der Waals surface area contributed by atoms with Crippen molar-refractivity contribution in [2.75, 3.05) is 17.7 Å². The Kier molecular flexibility index (Phi) is 7.15. The van der Waals surface area contributed by atoms with Crippen molar-refractivity contribution >= 4 is 34.8 Å². The number of benzene rings is 2. The van der Waals surface area contributed by atoms with E-state index in [2.05, 4.69) is 15.7 Å². The first kappa shape index (κ1) is 25.0. The number of alkyl halides is 3. The predicted molar refractivity (Wildman–Crippen MR) is 118 cm³/mol. The Morgan fingerprint density at radius 1 is 1.06 bits per heavy atom. The molecule has 0 aliphatic rings. The molecule has 0 unspecified atom stereocenters. The standard InChI is InChI=1S/C22H19ClF4N4O3/c1-11(2)31-19(22(25,26)27)15(10-28-31)21(33)29-13-5-7-18(34-3)17(9-13)30-20(32)14-6-4-12(23)8-16(14)24/h4-11H,1-3H3,(H,29,33)(H,30,32). The second-order valence-electron chi connectivity index (χ2n) is 7.39. The largest absolute Gasteiger partial charge is 0.495 e. The van der Waals surface area contributed by atoms with E-state index in [9.17, 15) is 27.2 Å². The van der Waals surface area contributed by atoms with Crippen LogP contribution in [0.1, 0.15) is 46.3 Å². The van der Waals surface area contributed by atoms with Crippen LogP contribution < -0.4 is 15.4 Å². The zero-order valence-corrected chi connectivity index (χ0v) is 18.9. The lowest BCUT2D eigenvalue weighted by atomic mass is 10.1. The van der Waals surface area contributed by atoms with Crippen LogP contribution in [-0.2, 0) is 6.18 Å². The lowest BCUT2D eigenvalue weighted by molar-refractivity contribution is -0.145. The Morgan fingerprint density at radius 3 is 2.32 bits per heavy atom. The van der Waals surface area contributed by atoms with E-state index in [1.54, 1.807) is 0 Å². The zero-order chi connectivity index (χ0) is 25.2. The minimum absolute atomic E-state index is 0.0496. The van der Waals surface area contributed by atoms with Gasteiger partial charge in [-0.15, -0.1) is 0 Å². The molecule has 0 fully saturated rings. The summed E-state index contributed by atoms with van der Waals surface area (Å²) < 4.78 is 60.7. The lowest BCUT2D eigenvalue weighted by Crippen LogP contribution is -2.22. The summed E-state index contributed by atoms with van der Waals surface area (Å²) in [7, 11) is 1.32. The van der Waals surface area contributed by atoms with E-state index in [0.29, 0.717) is 0 Å². The molecule has 2 amide bonds. The van der Waals surface area contributed by atoms with Crippen LogP contribution in [0.3, 0.4) is 0 Å². The third-order valence-electron chi connectivity index (χ3n) is 4.68. The molecule has 2 aromatic carbocycles. The maximum absolute atomic E-state index is 14.1. The molecule has 0 saturated heterocycles. The number of methoxy groups -OCH3 is 1. The summed E-state index contributed by atoms with van der Waals surface area (Å²) >= 11 is 5.70. The quantitative estimate of drug-likeness (QED) is 0.421. The van der Waals surface area contributed by atoms with Gasteiger partial charge in [-0.25, -0.2) is 4.39 Å². The first-order valence-corrected chi connectivity index (χ1v) is 10.2. The average Bonchev–Trinajstić information content (AvgIpc) is 3.20. The van der Waals surface area contributed by atoms with Crippen molar-refractivity contribution in [2.24, 2.45) is 0 Å². The van der Waals surface area contributed by atoms with Gasteiger partial charge in [0, 0.05) is 16.8 Å². The number of ether oxygens (including phenoxy) is 1. The van der Waals surface area contributed by atoms with E-state index in [-0.39, 0.29) is 27.7 Å². The van der Waals surface area contributed by atoms with Gasteiger partial charge >= 0.3 is 6.18 Å². The molecular formula is C22H19ClF4N4O3. The van der Waals surface area contributed by atoms with Gasteiger partial charge in [0.2, 0.25) is 0 Å². The molecule has 0 atom stereocenters. The van der Waals surface area contributed by atoms with Crippen LogP contribution in [0.5, 0.6) is 5.75 Å². The smallest absolute Gasteiger partial charge is 0.433 e. The van der Waals surface area contributed by atoms with Gasteiger partial charge in [-0.1, -0.05) is 11.6 Å². The second-order valence-corrected chi connectivity index (χ2v) is 7.83. The summed E-state index contributed by atoms with van der Waals surface area (Å²) in [6.07, 6.45) is -3.97. The molecular weight excluding hydrogens is 480 g/mol. The Bertz CT molecular complexity index is 1240. The minimum Gasteiger partial charge on any atom is -0.495 e. The number of nitrogens with zero attached hydrogens (tertiary/aromatic N) is 2. The molecule has 1 aromatic heterocycles. The number of aromatic nitrogens is 2. The van der Waals surface area contributed by atoms with Crippen LogP contribution in [0, 0.1) is 5.82 Å². The monoisotopic (exact) mass is 498 g/mol. The maximum atomic E-state index is 14.1. The molecule has 7 nitrogen and oxygen atoms in total. The highest BCUT2D eigenvalue weighted by molar-refractivity contribution is 6.30. The number of nitrogens with one attached hydrogen (secondary N) is 2. The van der Waals surface area contributed by atoms with Gasteiger partial charge in [0.15, 0.2) is 5.69 Å². The molecule has 0 aliphatic heterocycles. The second kappa shape index (κ2) is 9.72. The van der Waals surface area contributed by atoms with Gasteiger partial charge in [0.05, 0.1) is 30.1 Å². The number of rotatable bonds is 6. The van der Waals surface area contributed by atoms with Crippen molar-refractivity contribution in [2.45, 2.75) is 26.1 Å². The average molecular weight is 499 g/mol. The van der Waals surface area contributed by atoms with Gasteiger partial charge in [-0.05, 0) is 50.2 Å². The van der Waals surface area contributed by atoms with Crippen LogP contribution in [-0.4, -0.2) is 28.7 Å². The Morgan fingerprint density at radius 2 is 1.74 bits per heavy atom. The van der Waals surface area contributed by atoms with Gasteiger partial charge in [0.1, 0.15) is 11.6 Å². The molecule has 0 radical (unpaired) electrons. The number of amides is 2. The van der Waals surface area contributed by atoms with Crippen LogP contribution in [0.15, 0.2) is 42.6 Å². The normalized spacial score (nSPS) is 11.4. The van der Waals surface area contributed by atoms with Gasteiger partial charge in [0.25, 0.3) is 11.8 Å². The fraction of sp³-hybridized carbons (Fsp3) is 0.227. The zero-order valence-electron chi connectivity index (χ0n) is 18.1. The van der Waals surface area contributed by atoms with Crippen LogP contribution >= 0.6 is 11.6 Å². The Labute approximate surface area is 196 Å². The number of carbonyl (C=O) groups is 2. The number of anilines is 2. The van der Waals surface area contributed by atoms with Crippen LogP contribution in [0.2, 0.25) is 5.02 Å². The summed E-state index contributed by atoms with van der Waals surface area (Å²) in [5.41, 5.74) is -2.03. The fourth-order valence-electron chi connectivity index (χ4n) is 3.15. The molecule has 180 valence electrons. The van der Waals surface area contributed by atoms with E-state index >= 15 is 0 Å². The first-order chi connectivity index (χ1) is 15.9. The molecule has 12 heteroatoms. The van der Waals surface area contributed by atoms with Crippen molar-refractivity contribution in [3.05, 3.63) is 70.3 Å². The molecule has 0 bridgehead atoms. The molecule has 3 rings (SSSR count). The Balaban J connectivity index is 1.89. The third-order valence-corrected chi connectivity index (χ3v) is 4.91. The van der Waals surface area contributed by atoms with Crippen molar-refractivity contribution in [1.82, 2.24) is 9.78 Å². The topological polar surface area (TPSA) is 85.2 Å². The van der Waals surface area contributed by atoms with Crippen LogP contribution in [0.4, 0.5) is 28.9 Å². The molecule has 3 aromatic rings. The van der Waals surface area contributed by atoms with Crippen molar-refractivity contribution < 1.29 is 31.9 Å².